The first-order valence-electron chi connectivity index (χ1n) is 13.3. The number of halogens is 3. The van der Waals surface area contributed by atoms with Gasteiger partial charge in [-0.15, -0.1) is 11.3 Å². The molecule has 0 aliphatic rings. The molecular formula is C28H32F3N5O7S2. The normalized spacial score (nSPS) is 12.6. The van der Waals surface area contributed by atoms with Crippen LogP contribution in [0, 0.1) is 0 Å². The number of hydrogen-bond acceptors (Lipinski definition) is 8. The first-order chi connectivity index (χ1) is 21.0. The van der Waals surface area contributed by atoms with Crippen LogP contribution in [0.15, 0.2) is 48.5 Å². The van der Waals surface area contributed by atoms with Crippen molar-refractivity contribution in [2.75, 3.05) is 27.2 Å². The summed E-state index contributed by atoms with van der Waals surface area (Å²) < 4.78 is 81.0. The quantitative estimate of drug-likeness (QED) is 0.122. The van der Waals surface area contributed by atoms with Gasteiger partial charge in [0.25, 0.3) is 12.4 Å². The molecule has 12 nitrogen and oxygen atoms in total. The number of amides is 1. The largest absolute Gasteiger partial charge is 0.484 e. The molecule has 0 radical (unpaired) electrons. The van der Waals surface area contributed by atoms with Crippen molar-refractivity contribution in [3.05, 3.63) is 70.1 Å². The van der Waals surface area contributed by atoms with Crippen molar-refractivity contribution in [2.24, 2.45) is 5.73 Å². The number of ether oxygens (including phenoxy) is 1. The highest BCUT2D eigenvalue weighted by atomic mass is 32.2. The van der Waals surface area contributed by atoms with E-state index >= 15 is 0 Å². The Bertz CT molecular complexity index is 1740. The van der Waals surface area contributed by atoms with E-state index in [9.17, 15) is 30.9 Å². The lowest BCUT2D eigenvalue weighted by atomic mass is 10.0. The van der Waals surface area contributed by atoms with Gasteiger partial charge >= 0.3 is 16.5 Å². The van der Waals surface area contributed by atoms with Crippen molar-refractivity contribution in [2.45, 2.75) is 32.2 Å². The lowest BCUT2D eigenvalue weighted by Gasteiger charge is -2.19. The number of carbonyl (C=O) groups is 2. The Hall–Kier alpha value is -4.03. The third-order valence-electron chi connectivity index (χ3n) is 6.41. The van der Waals surface area contributed by atoms with Crippen LogP contribution in [-0.4, -0.2) is 76.8 Å². The van der Waals surface area contributed by atoms with Crippen LogP contribution in [-0.2, 0) is 27.8 Å². The number of aromatic amines is 1. The highest BCUT2D eigenvalue weighted by molar-refractivity contribution is 7.83. The van der Waals surface area contributed by atoms with Crippen LogP contribution in [0.5, 0.6) is 5.75 Å². The van der Waals surface area contributed by atoms with E-state index in [4.69, 9.17) is 20.4 Å². The second kappa shape index (κ2) is 14.8. The molecule has 4 aromatic rings. The molecule has 1 amide bonds. The Morgan fingerprint density at radius 2 is 1.84 bits per heavy atom. The molecule has 2 aromatic heterocycles. The van der Waals surface area contributed by atoms with Gasteiger partial charge in [-0.25, -0.2) is 4.98 Å². The maximum absolute atomic E-state index is 13.5. The van der Waals surface area contributed by atoms with Gasteiger partial charge < -0.3 is 25.5 Å². The predicted molar refractivity (Wildman–Crippen MR) is 162 cm³/mol. The van der Waals surface area contributed by atoms with Crippen molar-refractivity contribution >= 4 is 45.1 Å². The van der Waals surface area contributed by atoms with Gasteiger partial charge in [0.2, 0.25) is 0 Å². The SMILES string of the molecule is C[C@@H](Oc1cc(-c2nc3ccc(CN(CCCN(C)C)S(=O)(=O)O)cc3[nH]2)sc1C(N)=O)c1ccccc1C(F)(F)F.O=CO. The number of aromatic nitrogens is 2. The van der Waals surface area contributed by atoms with Crippen LogP contribution in [0.3, 0.4) is 0 Å². The third-order valence-corrected chi connectivity index (χ3v) is 8.51. The van der Waals surface area contributed by atoms with E-state index in [-0.39, 0.29) is 35.8 Å². The molecule has 0 bridgehead atoms. The van der Waals surface area contributed by atoms with Crippen LogP contribution in [0.2, 0.25) is 0 Å². The minimum atomic E-state index is -4.59. The molecule has 1 atom stereocenters. The van der Waals surface area contributed by atoms with Crippen LogP contribution in [0.1, 0.15) is 45.8 Å². The van der Waals surface area contributed by atoms with Gasteiger partial charge in [0.15, 0.2) is 0 Å². The van der Waals surface area contributed by atoms with Crippen LogP contribution >= 0.6 is 11.3 Å². The summed E-state index contributed by atoms with van der Waals surface area (Å²) in [5, 5.41) is 6.89. The van der Waals surface area contributed by atoms with Gasteiger partial charge in [-0.1, -0.05) is 24.3 Å². The van der Waals surface area contributed by atoms with Crippen molar-refractivity contribution in [1.82, 2.24) is 19.2 Å². The second-order valence-electron chi connectivity index (χ2n) is 10.0. The number of nitrogens with one attached hydrogen (secondary N) is 1. The Morgan fingerprint density at radius 1 is 1.18 bits per heavy atom. The van der Waals surface area contributed by atoms with E-state index in [0.29, 0.717) is 40.3 Å². The Morgan fingerprint density at radius 3 is 2.44 bits per heavy atom. The fraction of sp³-hybridized carbons (Fsp3) is 0.321. The number of nitrogens with zero attached hydrogens (tertiary/aromatic N) is 3. The highest BCUT2D eigenvalue weighted by Crippen LogP contribution is 2.40. The number of hydrogen-bond donors (Lipinski definition) is 4. The topological polar surface area (TPSA) is 179 Å². The fourth-order valence-corrected chi connectivity index (χ4v) is 5.99. The molecule has 45 heavy (non-hydrogen) atoms. The van der Waals surface area contributed by atoms with Gasteiger partial charge in [-0.05, 0) is 57.7 Å². The molecule has 2 heterocycles. The number of fused-ring (bicyclic) bond motifs is 1. The van der Waals surface area contributed by atoms with Crippen molar-refractivity contribution in [3.63, 3.8) is 0 Å². The van der Waals surface area contributed by atoms with E-state index in [1.807, 2.05) is 19.0 Å². The predicted octanol–water partition coefficient (Wildman–Crippen LogP) is 4.81. The fourth-order valence-electron chi connectivity index (χ4n) is 4.43. The molecule has 5 N–H and O–H groups in total. The number of thiophene rings is 1. The van der Waals surface area contributed by atoms with Gasteiger partial charge in [0.1, 0.15) is 22.6 Å². The second-order valence-corrected chi connectivity index (χ2v) is 12.5. The molecule has 2 aromatic carbocycles. The summed E-state index contributed by atoms with van der Waals surface area (Å²) in [6.45, 7) is 1.91. The van der Waals surface area contributed by atoms with Gasteiger partial charge in [0.05, 0.1) is 21.5 Å². The summed E-state index contributed by atoms with van der Waals surface area (Å²) in [7, 11) is -0.702. The molecule has 0 spiro atoms. The minimum Gasteiger partial charge on any atom is -0.484 e. The third kappa shape index (κ3) is 9.48. The zero-order valence-electron chi connectivity index (χ0n) is 24.4. The Balaban J connectivity index is 0.00000177. The number of alkyl halides is 3. The van der Waals surface area contributed by atoms with E-state index in [1.165, 1.54) is 31.2 Å². The summed E-state index contributed by atoms with van der Waals surface area (Å²) in [4.78, 5) is 30.6. The van der Waals surface area contributed by atoms with Gasteiger partial charge in [0, 0.05) is 24.7 Å². The van der Waals surface area contributed by atoms with Crippen molar-refractivity contribution in [3.8, 4) is 16.5 Å². The highest BCUT2D eigenvalue weighted by Gasteiger charge is 2.35. The maximum atomic E-state index is 13.5. The van der Waals surface area contributed by atoms with E-state index < -0.39 is 34.1 Å². The molecule has 0 fully saturated rings. The number of benzene rings is 2. The smallest absolute Gasteiger partial charge is 0.416 e. The van der Waals surface area contributed by atoms with Gasteiger partial charge in [-0.2, -0.15) is 25.9 Å². The van der Waals surface area contributed by atoms with E-state index in [2.05, 4.69) is 9.97 Å². The molecule has 0 unspecified atom stereocenters. The first kappa shape index (κ1) is 35.4. The number of H-pyrrole nitrogens is 1. The summed E-state index contributed by atoms with van der Waals surface area (Å²) in [6.07, 6.45) is -5.11. The number of carbonyl (C=O) groups excluding carboxylic acids is 1. The van der Waals surface area contributed by atoms with E-state index in [1.54, 1.807) is 18.2 Å². The Labute approximate surface area is 261 Å². The summed E-state index contributed by atoms with van der Waals surface area (Å²) in [5.74, 6) is -0.435. The van der Waals surface area contributed by atoms with Crippen molar-refractivity contribution < 1.29 is 45.6 Å². The summed E-state index contributed by atoms with van der Waals surface area (Å²) >= 11 is 0.972. The van der Waals surface area contributed by atoms with Crippen LogP contribution < -0.4 is 10.5 Å². The average molecular weight is 672 g/mol. The molecule has 4 rings (SSSR count). The maximum Gasteiger partial charge on any atom is 0.416 e. The standard InChI is InChI=1S/C27H30F3N5O5S2.CH2O2/c1-16(18-7-4-5-8-19(18)27(28,29)30)40-22-14-23(41-24(22)25(31)36)26-32-20-10-9-17(13-21(20)33-26)15-35(42(37,38)39)12-6-11-34(2)3;2-1-3/h4-5,7-10,13-14,16H,6,11-12,15H2,1-3H3,(H2,31,36)(H,32,33)(H,37,38,39);1H,(H,2,3)/t16-;/m1./s1. The van der Waals surface area contributed by atoms with E-state index in [0.717, 1.165) is 21.7 Å². The molecular weight excluding hydrogens is 639 g/mol. The molecule has 0 aliphatic carbocycles. The molecule has 17 heteroatoms. The van der Waals surface area contributed by atoms with Crippen molar-refractivity contribution in [1.29, 1.82) is 0 Å². The number of rotatable bonds is 12. The molecule has 244 valence electrons. The minimum absolute atomic E-state index is 0.0176. The summed E-state index contributed by atoms with van der Waals surface area (Å²) in [5.41, 5.74) is 6.33. The Kier molecular flexibility index (Phi) is 11.7. The number of primary amides is 1. The zero-order valence-corrected chi connectivity index (χ0v) is 26.0. The molecule has 0 saturated carbocycles. The number of imidazole rings is 1. The molecule has 0 aliphatic heterocycles. The number of nitrogens with two attached hydrogens (primary N) is 1. The van der Waals surface area contributed by atoms with Crippen LogP contribution in [0.4, 0.5) is 13.2 Å². The lowest BCUT2D eigenvalue weighted by Crippen LogP contribution is -2.32. The summed E-state index contributed by atoms with van der Waals surface area (Å²) in [6, 6.07) is 11.6. The average Bonchev–Trinajstić information content (AvgIpc) is 3.56. The molecule has 0 saturated heterocycles. The number of carboxylic acid groups (broad SMARTS) is 1. The monoisotopic (exact) mass is 671 g/mol. The van der Waals surface area contributed by atoms with Gasteiger partial charge in [-0.3, -0.25) is 14.1 Å². The first-order valence-corrected chi connectivity index (χ1v) is 15.5. The van der Waals surface area contributed by atoms with Crippen LogP contribution in [0.25, 0.3) is 21.7 Å². The zero-order chi connectivity index (χ0) is 33.5. The lowest BCUT2D eigenvalue weighted by molar-refractivity contribution is -0.139.